The second kappa shape index (κ2) is 7.70. The lowest BCUT2D eigenvalue weighted by Gasteiger charge is -2.24. The van der Waals surface area contributed by atoms with Gasteiger partial charge < -0.3 is 10.2 Å². The van der Waals surface area contributed by atoms with Gasteiger partial charge in [0.05, 0.1) is 17.1 Å². The molecule has 1 aromatic carbocycles. The highest BCUT2D eigenvalue weighted by molar-refractivity contribution is 6.31. The maximum absolute atomic E-state index is 12.9. The number of carbonyl (C=O) groups excluding carboxylic acids is 2. The van der Waals surface area contributed by atoms with E-state index in [1.54, 1.807) is 0 Å². The van der Waals surface area contributed by atoms with Crippen LogP contribution in [0.4, 0.5) is 18.9 Å². The average molecular weight is 403 g/mol. The lowest BCUT2D eigenvalue weighted by Crippen LogP contribution is -2.36. The number of rotatable bonds is 5. The summed E-state index contributed by atoms with van der Waals surface area (Å²) in [5.74, 6) is 1.11. The maximum atomic E-state index is 12.9. The van der Waals surface area contributed by atoms with Crippen LogP contribution in [0.3, 0.4) is 0 Å². The summed E-state index contributed by atoms with van der Waals surface area (Å²) in [6, 6.07) is 3.17. The van der Waals surface area contributed by atoms with Crippen molar-refractivity contribution in [2.45, 2.75) is 38.3 Å². The number of fused-ring (bicyclic) bond motifs is 2. The molecule has 2 saturated carbocycles. The molecule has 1 aromatic rings. The predicted molar refractivity (Wildman–Crippen MR) is 96.3 cm³/mol. The van der Waals surface area contributed by atoms with Crippen LogP contribution in [0.2, 0.25) is 5.02 Å². The van der Waals surface area contributed by atoms with E-state index >= 15 is 0 Å². The Kier molecular flexibility index (Phi) is 5.70. The van der Waals surface area contributed by atoms with Crippen molar-refractivity contribution in [1.82, 2.24) is 4.90 Å². The monoisotopic (exact) mass is 402 g/mol. The Bertz CT molecular complexity index is 738. The molecule has 0 aliphatic heterocycles. The number of likely N-dealkylation sites (N-methyl/N-ethyl adjacent to an activating group) is 1. The summed E-state index contributed by atoms with van der Waals surface area (Å²) in [6.07, 6.45) is 0.566. The quantitative estimate of drug-likeness (QED) is 0.783. The van der Waals surface area contributed by atoms with Gasteiger partial charge in [-0.15, -0.1) is 0 Å². The molecule has 4 nitrogen and oxygen atoms in total. The Labute approximate surface area is 161 Å². The van der Waals surface area contributed by atoms with E-state index < -0.39 is 22.7 Å². The van der Waals surface area contributed by atoms with Crippen molar-refractivity contribution >= 4 is 29.1 Å². The summed E-state index contributed by atoms with van der Waals surface area (Å²) < 4.78 is 38.7. The van der Waals surface area contributed by atoms with E-state index in [1.165, 1.54) is 37.3 Å². The van der Waals surface area contributed by atoms with Crippen molar-refractivity contribution in [3.8, 4) is 0 Å². The minimum atomic E-state index is -4.61. The molecule has 1 N–H and O–H groups in total. The van der Waals surface area contributed by atoms with Crippen LogP contribution in [0.25, 0.3) is 0 Å². The van der Waals surface area contributed by atoms with Crippen molar-refractivity contribution in [3.63, 3.8) is 0 Å². The number of amides is 2. The second-order valence-corrected chi connectivity index (χ2v) is 8.04. The first kappa shape index (κ1) is 20.0. The summed E-state index contributed by atoms with van der Waals surface area (Å²) in [5, 5.41) is 1.96. The molecule has 148 valence electrons. The average Bonchev–Trinajstić information content (AvgIpc) is 3.18. The van der Waals surface area contributed by atoms with E-state index in [-0.39, 0.29) is 18.1 Å². The highest BCUT2D eigenvalue weighted by atomic mass is 35.5. The van der Waals surface area contributed by atoms with Gasteiger partial charge in [-0.05, 0) is 55.2 Å². The van der Waals surface area contributed by atoms with E-state index in [4.69, 9.17) is 11.6 Å². The summed E-state index contributed by atoms with van der Waals surface area (Å²) in [4.78, 5) is 25.8. The molecule has 3 rings (SSSR count). The Balaban J connectivity index is 1.53. The Morgan fingerprint density at radius 1 is 1.26 bits per heavy atom. The molecule has 0 radical (unpaired) electrons. The van der Waals surface area contributed by atoms with Crippen LogP contribution in [-0.4, -0.2) is 30.3 Å². The fraction of sp³-hybridized carbons (Fsp3) is 0.579. The molecule has 2 amide bonds. The minimum absolute atomic E-state index is 0.00863. The van der Waals surface area contributed by atoms with Gasteiger partial charge in [0, 0.05) is 19.2 Å². The van der Waals surface area contributed by atoms with E-state index in [1.807, 2.05) is 0 Å². The highest BCUT2D eigenvalue weighted by Crippen LogP contribution is 2.49. The molecule has 3 atom stereocenters. The Hall–Kier alpha value is -1.76. The van der Waals surface area contributed by atoms with Crippen LogP contribution in [0.15, 0.2) is 18.2 Å². The third-order valence-corrected chi connectivity index (χ3v) is 6.01. The third-order valence-electron chi connectivity index (χ3n) is 5.68. The number of hydrogen-bond acceptors (Lipinski definition) is 2. The maximum Gasteiger partial charge on any atom is 0.417 e. The van der Waals surface area contributed by atoms with Crippen LogP contribution in [0.5, 0.6) is 0 Å². The standard InChI is InChI=1S/C19H22ClF3N2O2/c1-25(18(27)8-13-7-11-2-3-12(13)6-11)10-17(26)24-14-4-5-16(20)15(9-14)19(21,22)23/h4-5,9,11-13H,2-3,6-8,10H2,1H3,(H,24,26). The first-order valence-corrected chi connectivity index (χ1v) is 9.42. The van der Waals surface area contributed by atoms with Crippen molar-refractivity contribution in [2.24, 2.45) is 17.8 Å². The van der Waals surface area contributed by atoms with Gasteiger partial charge in [0.25, 0.3) is 0 Å². The van der Waals surface area contributed by atoms with Crippen molar-refractivity contribution in [3.05, 3.63) is 28.8 Å². The first-order chi connectivity index (χ1) is 12.6. The van der Waals surface area contributed by atoms with Gasteiger partial charge in [0.1, 0.15) is 0 Å². The van der Waals surface area contributed by atoms with Gasteiger partial charge in [-0.2, -0.15) is 13.2 Å². The number of nitrogens with one attached hydrogen (secondary N) is 1. The van der Waals surface area contributed by atoms with Gasteiger partial charge in [-0.1, -0.05) is 18.0 Å². The molecule has 2 aliphatic carbocycles. The number of alkyl halides is 3. The van der Waals surface area contributed by atoms with Gasteiger partial charge in [0.2, 0.25) is 11.8 Å². The largest absolute Gasteiger partial charge is 0.417 e. The van der Waals surface area contributed by atoms with Crippen LogP contribution < -0.4 is 5.32 Å². The molecule has 0 heterocycles. The fourth-order valence-corrected chi connectivity index (χ4v) is 4.56. The molecule has 3 unspecified atom stereocenters. The molecule has 0 saturated heterocycles. The zero-order valence-corrected chi connectivity index (χ0v) is 15.7. The molecule has 8 heteroatoms. The lowest BCUT2D eigenvalue weighted by atomic mass is 9.86. The molecule has 0 spiro atoms. The minimum Gasteiger partial charge on any atom is -0.336 e. The van der Waals surface area contributed by atoms with Crippen LogP contribution in [0.1, 0.15) is 37.7 Å². The van der Waals surface area contributed by atoms with Gasteiger partial charge >= 0.3 is 6.18 Å². The van der Waals surface area contributed by atoms with Crippen molar-refractivity contribution < 1.29 is 22.8 Å². The topological polar surface area (TPSA) is 49.4 Å². The van der Waals surface area contributed by atoms with Crippen LogP contribution in [-0.2, 0) is 15.8 Å². The summed E-state index contributed by atoms with van der Waals surface area (Å²) in [6.45, 7) is -0.205. The van der Waals surface area contributed by atoms with Gasteiger partial charge in [0.15, 0.2) is 0 Å². The number of anilines is 1. The lowest BCUT2D eigenvalue weighted by molar-refractivity contribution is -0.137. The number of nitrogens with zero attached hydrogens (tertiary/aromatic N) is 1. The molecular formula is C19H22ClF3N2O2. The molecule has 2 fully saturated rings. The molecule has 2 bridgehead atoms. The van der Waals surface area contributed by atoms with Crippen molar-refractivity contribution in [1.29, 1.82) is 0 Å². The van der Waals surface area contributed by atoms with E-state index in [2.05, 4.69) is 5.32 Å². The Morgan fingerprint density at radius 2 is 2.00 bits per heavy atom. The van der Waals surface area contributed by atoms with Gasteiger partial charge in [-0.25, -0.2) is 0 Å². The zero-order valence-electron chi connectivity index (χ0n) is 15.0. The summed E-state index contributed by atoms with van der Waals surface area (Å²) >= 11 is 5.57. The number of halogens is 4. The summed E-state index contributed by atoms with van der Waals surface area (Å²) in [7, 11) is 1.54. The smallest absolute Gasteiger partial charge is 0.336 e. The SMILES string of the molecule is CN(CC(=O)Nc1ccc(Cl)c(C(F)(F)F)c1)C(=O)CC1CC2CCC1C2. The fourth-order valence-electron chi connectivity index (χ4n) is 4.33. The molecule has 27 heavy (non-hydrogen) atoms. The van der Waals surface area contributed by atoms with E-state index in [9.17, 15) is 22.8 Å². The number of hydrogen-bond donors (Lipinski definition) is 1. The normalized spacial score (nSPS) is 24.1. The predicted octanol–water partition coefficient (Wildman–Crippen LogP) is 4.58. The molecule has 0 aromatic heterocycles. The van der Waals surface area contributed by atoms with Crippen LogP contribution >= 0.6 is 11.6 Å². The Morgan fingerprint density at radius 3 is 2.59 bits per heavy atom. The first-order valence-electron chi connectivity index (χ1n) is 9.04. The third kappa shape index (κ3) is 4.75. The van der Waals surface area contributed by atoms with Crippen molar-refractivity contribution in [2.75, 3.05) is 18.9 Å². The highest BCUT2D eigenvalue weighted by Gasteiger charge is 2.40. The van der Waals surface area contributed by atoms with Gasteiger partial charge in [-0.3, -0.25) is 9.59 Å². The molecule has 2 aliphatic rings. The van der Waals surface area contributed by atoms with E-state index in [0.717, 1.165) is 24.5 Å². The van der Waals surface area contributed by atoms with E-state index in [0.29, 0.717) is 18.3 Å². The second-order valence-electron chi connectivity index (χ2n) is 7.63. The van der Waals surface area contributed by atoms with Crippen LogP contribution in [0, 0.1) is 17.8 Å². The number of benzene rings is 1. The number of carbonyl (C=O) groups is 2. The summed E-state index contributed by atoms with van der Waals surface area (Å²) in [5.41, 5.74) is -1.02. The molecular weight excluding hydrogens is 381 g/mol. The zero-order chi connectivity index (χ0) is 19.8.